The van der Waals surface area contributed by atoms with Crippen molar-refractivity contribution >= 4 is 21.8 Å². The van der Waals surface area contributed by atoms with Gasteiger partial charge in [0.25, 0.3) is 0 Å². The average molecular weight is 337 g/mol. The third kappa shape index (κ3) is 3.36. The quantitative estimate of drug-likeness (QED) is 0.659. The minimum atomic E-state index is -0.341. The van der Waals surface area contributed by atoms with Crippen molar-refractivity contribution < 1.29 is 9.13 Å². The van der Waals surface area contributed by atoms with Gasteiger partial charge in [0.2, 0.25) is 0 Å². The van der Waals surface area contributed by atoms with E-state index in [0.717, 1.165) is 11.1 Å². The fourth-order valence-electron chi connectivity index (χ4n) is 1.77. The lowest BCUT2D eigenvalue weighted by Gasteiger charge is -2.11. The molecular weight excluding hydrogens is 323 g/mol. The Labute approximate surface area is 125 Å². The first kappa shape index (κ1) is 14.5. The van der Waals surface area contributed by atoms with Gasteiger partial charge in [0.05, 0.1) is 4.47 Å². The number of ether oxygens (including phenoxy) is 1. The summed E-state index contributed by atoms with van der Waals surface area (Å²) in [5, 5.41) is 7.39. The van der Waals surface area contributed by atoms with E-state index in [9.17, 15) is 4.39 Å². The van der Waals surface area contributed by atoms with Crippen LogP contribution in [0.2, 0.25) is 0 Å². The Balaban J connectivity index is 2.15. The van der Waals surface area contributed by atoms with Crippen molar-refractivity contribution in [2.24, 2.45) is 5.73 Å². The minimum Gasteiger partial charge on any atom is -0.488 e. The van der Waals surface area contributed by atoms with Crippen LogP contribution in [-0.4, -0.2) is 5.84 Å². The number of halogens is 2. The maximum atomic E-state index is 13.2. The molecule has 104 valence electrons. The summed E-state index contributed by atoms with van der Waals surface area (Å²) >= 11 is 3.32. The molecule has 0 unspecified atom stereocenters. The summed E-state index contributed by atoms with van der Waals surface area (Å²) in [6, 6.07) is 9.78. The Morgan fingerprint density at radius 3 is 2.70 bits per heavy atom. The van der Waals surface area contributed by atoms with Gasteiger partial charge in [-0.15, -0.1) is 0 Å². The molecule has 0 radical (unpaired) electrons. The van der Waals surface area contributed by atoms with Crippen LogP contribution in [0.1, 0.15) is 16.7 Å². The van der Waals surface area contributed by atoms with Crippen molar-refractivity contribution in [1.29, 1.82) is 5.41 Å². The molecule has 2 rings (SSSR count). The monoisotopic (exact) mass is 336 g/mol. The van der Waals surface area contributed by atoms with E-state index in [4.69, 9.17) is 15.9 Å². The third-order valence-corrected chi connectivity index (χ3v) is 3.59. The molecule has 5 heteroatoms. The molecule has 0 amide bonds. The molecule has 0 aromatic heterocycles. The zero-order chi connectivity index (χ0) is 14.7. The van der Waals surface area contributed by atoms with E-state index in [-0.39, 0.29) is 11.7 Å². The van der Waals surface area contributed by atoms with Crippen LogP contribution in [0.15, 0.2) is 40.9 Å². The second-order valence-corrected chi connectivity index (χ2v) is 5.27. The van der Waals surface area contributed by atoms with Gasteiger partial charge in [0.1, 0.15) is 24.0 Å². The zero-order valence-corrected chi connectivity index (χ0v) is 12.5. The summed E-state index contributed by atoms with van der Waals surface area (Å²) in [5.41, 5.74) is 8.06. The molecule has 0 saturated carbocycles. The minimum absolute atomic E-state index is 0.0356. The van der Waals surface area contributed by atoms with Crippen LogP contribution in [0.25, 0.3) is 0 Å². The molecule has 0 saturated heterocycles. The van der Waals surface area contributed by atoms with Crippen LogP contribution >= 0.6 is 15.9 Å². The second kappa shape index (κ2) is 6.05. The molecule has 0 spiro atoms. The van der Waals surface area contributed by atoms with Crippen LogP contribution in [-0.2, 0) is 6.61 Å². The molecule has 0 aliphatic carbocycles. The van der Waals surface area contributed by atoms with Crippen LogP contribution in [0.5, 0.6) is 5.75 Å². The highest BCUT2D eigenvalue weighted by atomic mass is 79.9. The predicted molar refractivity (Wildman–Crippen MR) is 80.6 cm³/mol. The van der Waals surface area contributed by atoms with Crippen molar-refractivity contribution in [1.82, 2.24) is 0 Å². The smallest absolute Gasteiger partial charge is 0.136 e. The standard InChI is InChI=1S/C15H14BrFN2O/c1-9-6-10(15(18)19)2-3-11(9)8-20-14-7-12(17)4-5-13(14)16/h2-7H,8H2,1H3,(H3,18,19). The van der Waals surface area contributed by atoms with Gasteiger partial charge in [-0.05, 0) is 52.2 Å². The van der Waals surface area contributed by atoms with Gasteiger partial charge in [0, 0.05) is 11.6 Å². The molecule has 0 fully saturated rings. The van der Waals surface area contributed by atoms with Crippen molar-refractivity contribution in [3.63, 3.8) is 0 Å². The molecule has 0 aliphatic heterocycles. The Morgan fingerprint density at radius 2 is 2.05 bits per heavy atom. The number of aryl methyl sites for hydroxylation is 1. The van der Waals surface area contributed by atoms with Gasteiger partial charge < -0.3 is 10.5 Å². The summed E-state index contributed by atoms with van der Waals surface area (Å²) in [7, 11) is 0. The number of benzene rings is 2. The fraction of sp³-hybridized carbons (Fsp3) is 0.133. The summed E-state index contributed by atoms with van der Waals surface area (Å²) in [4.78, 5) is 0. The highest BCUT2D eigenvalue weighted by Gasteiger charge is 2.06. The van der Waals surface area contributed by atoms with Crippen molar-refractivity contribution in [3.8, 4) is 5.75 Å². The van der Waals surface area contributed by atoms with E-state index in [1.54, 1.807) is 12.1 Å². The van der Waals surface area contributed by atoms with Crippen LogP contribution in [0, 0.1) is 18.2 Å². The van der Waals surface area contributed by atoms with Crippen molar-refractivity contribution in [2.75, 3.05) is 0 Å². The number of rotatable bonds is 4. The number of amidine groups is 1. The lowest BCUT2D eigenvalue weighted by Crippen LogP contribution is -2.11. The largest absolute Gasteiger partial charge is 0.488 e. The van der Waals surface area contributed by atoms with Crippen LogP contribution in [0.3, 0.4) is 0 Å². The number of nitrogens with one attached hydrogen (secondary N) is 1. The molecule has 20 heavy (non-hydrogen) atoms. The number of nitrogens with two attached hydrogens (primary N) is 1. The molecular formula is C15H14BrFN2O. The number of hydrogen-bond donors (Lipinski definition) is 2. The van der Waals surface area contributed by atoms with Crippen molar-refractivity contribution in [3.05, 3.63) is 63.4 Å². The number of hydrogen-bond acceptors (Lipinski definition) is 2. The molecule has 0 aliphatic rings. The normalized spacial score (nSPS) is 10.3. The molecule has 0 atom stereocenters. The summed E-state index contributed by atoms with van der Waals surface area (Å²) in [6.45, 7) is 2.25. The second-order valence-electron chi connectivity index (χ2n) is 4.42. The maximum absolute atomic E-state index is 13.2. The fourth-order valence-corrected chi connectivity index (χ4v) is 2.13. The average Bonchev–Trinajstić information content (AvgIpc) is 2.40. The van der Waals surface area contributed by atoms with E-state index >= 15 is 0 Å². The molecule has 3 nitrogen and oxygen atoms in total. The van der Waals surface area contributed by atoms with Crippen LogP contribution < -0.4 is 10.5 Å². The summed E-state index contributed by atoms with van der Waals surface area (Å²) in [6.07, 6.45) is 0. The molecule has 2 aromatic carbocycles. The topological polar surface area (TPSA) is 59.1 Å². The Bertz CT molecular complexity index is 658. The van der Waals surface area contributed by atoms with Gasteiger partial charge in [-0.3, -0.25) is 5.41 Å². The lowest BCUT2D eigenvalue weighted by molar-refractivity contribution is 0.302. The predicted octanol–water partition coefficient (Wildman–Crippen LogP) is 3.76. The zero-order valence-electron chi connectivity index (χ0n) is 10.9. The molecule has 3 N–H and O–H groups in total. The highest BCUT2D eigenvalue weighted by Crippen LogP contribution is 2.26. The first-order chi connectivity index (χ1) is 9.47. The summed E-state index contributed by atoms with van der Waals surface area (Å²) in [5.74, 6) is 0.153. The van der Waals surface area contributed by atoms with Crippen LogP contribution in [0.4, 0.5) is 4.39 Å². The Kier molecular flexibility index (Phi) is 4.39. The van der Waals surface area contributed by atoms with E-state index < -0.39 is 0 Å². The third-order valence-electron chi connectivity index (χ3n) is 2.93. The highest BCUT2D eigenvalue weighted by molar-refractivity contribution is 9.10. The summed E-state index contributed by atoms with van der Waals surface area (Å²) < 4.78 is 19.5. The lowest BCUT2D eigenvalue weighted by atomic mass is 10.1. The molecule has 2 aromatic rings. The van der Waals surface area contributed by atoms with E-state index in [1.807, 2.05) is 19.1 Å². The maximum Gasteiger partial charge on any atom is 0.136 e. The van der Waals surface area contributed by atoms with E-state index in [1.165, 1.54) is 12.1 Å². The number of nitrogen functional groups attached to an aromatic ring is 1. The Hall–Kier alpha value is -1.88. The SMILES string of the molecule is Cc1cc(C(=N)N)ccc1COc1cc(F)ccc1Br. The van der Waals surface area contributed by atoms with Gasteiger partial charge in [0.15, 0.2) is 0 Å². The van der Waals surface area contributed by atoms with E-state index in [2.05, 4.69) is 15.9 Å². The molecule has 0 heterocycles. The molecule has 0 bridgehead atoms. The van der Waals surface area contributed by atoms with Gasteiger partial charge in [-0.2, -0.15) is 0 Å². The Morgan fingerprint density at radius 1 is 1.30 bits per heavy atom. The van der Waals surface area contributed by atoms with Gasteiger partial charge in [-0.1, -0.05) is 12.1 Å². The van der Waals surface area contributed by atoms with Crippen molar-refractivity contribution in [2.45, 2.75) is 13.5 Å². The first-order valence-electron chi connectivity index (χ1n) is 5.99. The first-order valence-corrected chi connectivity index (χ1v) is 6.78. The van der Waals surface area contributed by atoms with Gasteiger partial charge in [-0.25, -0.2) is 4.39 Å². The van der Waals surface area contributed by atoms with E-state index in [0.29, 0.717) is 22.4 Å². The van der Waals surface area contributed by atoms with Gasteiger partial charge >= 0.3 is 0 Å².